The average molecular weight is 499 g/mol. The van der Waals surface area contributed by atoms with Gasteiger partial charge in [0.05, 0.1) is 22.2 Å². The van der Waals surface area contributed by atoms with E-state index in [1.165, 1.54) is 23.1 Å². The van der Waals surface area contributed by atoms with Gasteiger partial charge in [-0.15, -0.1) is 0 Å². The van der Waals surface area contributed by atoms with Gasteiger partial charge in [-0.25, -0.2) is 8.42 Å². The van der Waals surface area contributed by atoms with E-state index >= 15 is 0 Å². The van der Waals surface area contributed by atoms with E-state index in [-0.39, 0.29) is 45.7 Å². The second kappa shape index (κ2) is 10.4. The zero-order valence-electron chi connectivity index (χ0n) is 18.9. The third-order valence-electron chi connectivity index (χ3n) is 6.46. The normalized spacial score (nSPS) is 22.5. The molecule has 2 fully saturated rings. The molecule has 9 nitrogen and oxygen atoms in total. The number of rotatable bonds is 8. The van der Waals surface area contributed by atoms with Gasteiger partial charge in [0, 0.05) is 25.6 Å². The van der Waals surface area contributed by atoms with Crippen LogP contribution in [0.15, 0.2) is 23.1 Å². The quantitative estimate of drug-likeness (QED) is 0.524. The van der Waals surface area contributed by atoms with Crippen molar-refractivity contribution in [1.82, 2.24) is 14.5 Å². The van der Waals surface area contributed by atoms with Crippen LogP contribution in [0.2, 0.25) is 5.02 Å². The van der Waals surface area contributed by atoms with Gasteiger partial charge in [-0.3, -0.25) is 14.4 Å². The third-order valence-corrected chi connectivity index (χ3v) is 8.25. The van der Waals surface area contributed by atoms with Gasteiger partial charge in [-0.1, -0.05) is 18.5 Å². The number of benzene rings is 1. The van der Waals surface area contributed by atoms with Gasteiger partial charge in [0.15, 0.2) is 0 Å². The molecule has 11 heteroatoms. The fraction of sp³-hybridized carbons (Fsp3) is 0.591. The van der Waals surface area contributed by atoms with Crippen LogP contribution in [-0.4, -0.2) is 68.0 Å². The highest BCUT2D eigenvalue weighted by atomic mass is 35.5. The fourth-order valence-electron chi connectivity index (χ4n) is 4.32. The van der Waals surface area contributed by atoms with E-state index in [2.05, 4.69) is 4.72 Å². The molecular weight excluding hydrogens is 468 g/mol. The van der Waals surface area contributed by atoms with E-state index in [1.54, 1.807) is 11.8 Å². The lowest BCUT2D eigenvalue weighted by Crippen LogP contribution is -2.54. The molecule has 2 saturated heterocycles. The minimum atomic E-state index is -3.99. The number of amides is 2. The van der Waals surface area contributed by atoms with E-state index in [0.717, 1.165) is 12.8 Å². The Morgan fingerprint density at radius 3 is 2.67 bits per heavy atom. The molecule has 3 atom stereocenters. The number of nitrogens with two attached hydrogens (primary N) is 1. The lowest BCUT2D eigenvalue weighted by atomic mass is 9.93. The maximum Gasteiger partial charge on any atom is 0.242 e. The molecule has 33 heavy (non-hydrogen) atoms. The number of halogens is 1. The Kier molecular flexibility index (Phi) is 8.02. The summed E-state index contributed by atoms with van der Waals surface area (Å²) in [5, 5.41) is 0.113. The topological polar surface area (TPSA) is 130 Å². The predicted molar refractivity (Wildman–Crippen MR) is 125 cm³/mol. The summed E-state index contributed by atoms with van der Waals surface area (Å²) in [6.07, 6.45) is 2.51. The molecule has 2 heterocycles. The molecule has 2 unspecified atom stereocenters. The second-order valence-electron chi connectivity index (χ2n) is 9.00. The second-order valence-corrected chi connectivity index (χ2v) is 11.1. The van der Waals surface area contributed by atoms with Gasteiger partial charge in [0.2, 0.25) is 21.8 Å². The molecule has 0 spiro atoms. The maximum atomic E-state index is 12.9. The van der Waals surface area contributed by atoms with Gasteiger partial charge in [0.25, 0.3) is 0 Å². The minimum Gasteiger partial charge on any atom is -0.398 e. The molecule has 0 radical (unpaired) electrons. The number of hydrogen-bond acceptors (Lipinski definition) is 6. The summed E-state index contributed by atoms with van der Waals surface area (Å²) in [4.78, 5) is 40.3. The number of piperidine rings is 1. The molecule has 0 bridgehead atoms. The Balaban J connectivity index is 1.58. The molecular formula is C22H31ClN4O5S. The number of likely N-dealkylation sites (tertiary alicyclic amines) is 2. The Morgan fingerprint density at radius 1 is 1.27 bits per heavy atom. The highest BCUT2D eigenvalue weighted by Crippen LogP contribution is 2.25. The molecule has 0 saturated carbocycles. The first kappa shape index (κ1) is 25.5. The molecule has 2 amide bonds. The first-order valence-electron chi connectivity index (χ1n) is 11.1. The van der Waals surface area contributed by atoms with Crippen molar-refractivity contribution in [3.05, 3.63) is 23.2 Å². The number of hydrogen-bond donors (Lipinski definition) is 2. The highest BCUT2D eigenvalue weighted by molar-refractivity contribution is 7.89. The van der Waals surface area contributed by atoms with Crippen LogP contribution in [0, 0.1) is 11.8 Å². The monoisotopic (exact) mass is 498 g/mol. The summed E-state index contributed by atoms with van der Waals surface area (Å²) in [7, 11) is -3.99. The number of carbonyl (C=O) groups excluding carboxylic acids is 3. The summed E-state index contributed by atoms with van der Waals surface area (Å²) in [6.45, 7) is 4.97. The van der Waals surface area contributed by atoms with Gasteiger partial charge < -0.3 is 15.5 Å². The van der Waals surface area contributed by atoms with Crippen molar-refractivity contribution in [3.63, 3.8) is 0 Å². The Morgan fingerprint density at radius 2 is 2.00 bits per heavy atom. The van der Waals surface area contributed by atoms with E-state index in [0.29, 0.717) is 32.5 Å². The van der Waals surface area contributed by atoms with Crippen LogP contribution >= 0.6 is 11.6 Å². The number of anilines is 1. The standard InChI is InChI=1S/C22H31ClN4O5S/c1-14(15(2)28)10-16-7-9-26(12-16)21(29)13-27-8-3-4-20(22(27)30)25-33(31,32)17-5-6-19(24)18(23)11-17/h5-6,11,14,16,20,25H,3-4,7-10,12-13,24H2,1-2H3/t14?,16?,20-/m0/s1. The number of carbonyl (C=O) groups is 3. The van der Waals surface area contributed by atoms with Crippen LogP contribution in [0.5, 0.6) is 0 Å². The van der Waals surface area contributed by atoms with Crippen LogP contribution in [-0.2, 0) is 24.4 Å². The Labute approximate surface area is 199 Å². The number of nitrogen functional groups attached to an aromatic ring is 1. The lowest BCUT2D eigenvalue weighted by Gasteiger charge is -2.33. The van der Waals surface area contributed by atoms with Crippen molar-refractivity contribution >= 4 is 44.9 Å². The van der Waals surface area contributed by atoms with Crippen molar-refractivity contribution in [2.24, 2.45) is 11.8 Å². The molecule has 3 N–H and O–H groups in total. The van der Waals surface area contributed by atoms with Crippen LogP contribution in [0.3, 0.4) is 0 Å². The lowest BCUT2D eigenvalue weighted by molar-refractivity contribution is -0.142. The highest BCUT2D eigenvalue weighted by Gasteiger charge is 2.35. The maximum absolute atomic E-state index is 12.9. The van der Waals surface area contributed by atoms with Crippen LogP contribution in [0.4, 0.5) is 5.69 Å². The largest absolute Gasteiger partial charge is 0.398 e. The summed E-state index contributed by atoms with van der Waals surface area (Å²) < 4.78 is 27.9. The smallest absolute Gasteiger partial charge is 0.242 e. The van der Waals surface area contributed by atoms with Gasteiger partial charge >= 0.3 is 0 Å². The van der Waals surface area contributed by atoms with Crippen molar-refractivity contribution < 1.29 is 22.8 Å². The molecule has 3 rings (SSSR count). The van der Waals surface area contributed by atoms with Crippen LogP contribution in [0.25, 0.3) is 0 Å². The predicted octanol–water partition coefficient (Wildman–Crippen LogP) is 1.66. The zero-order chi connectivity index (χ0) is 24.3. The summed E-state index contributed by atoms with van der Waals surface area (Å²) in [6, 6.07) is 3.01. The number of sulfonamides is 1. The number of nitrogens with zero attached hydrogens (tertiary/aromatic N) is 2. The molecule has 2 aliphatic rings. The summed E-state index contributed by atoms with van der Waals surface area (Å²) in [5.74, 6) is -0.182. The average Bonchev–Trinajstić information content (AvgIpc) is 3.21. The van der Waals surface area contributed by atoms with Crippen LogP contribution in [0.1, 0.15) is 39.5 Å². The van der Waals surface area contributed by atoms with Gasteiger partial charge in [0.1, 0.15) is 11.8 Å². The van der Waals surface area contributed by atoms with Gasteiger partial charge in [-0.2, -0.15) is 4.72 Å². The molecule has 1 aromatic carbocycles. The molecule has 182 valence electrons. The van der Waals surface area contributed by atoms with E-state index in [4.69, 9.17) is 17.3 Å². The van der Waals surface area contributed by atoms with Crippen molar-refractivity contribution in [1.29, 1.82) is 0 Å². The zero-order valence-corrected chi connectivity index (χ0v) is 20.5. The Bertz CT molecular complexity index is 1030. The third kappa shape index (κ3) is 6.24. The van der Waals surface area contributed by atoms with Crippen LogP contribution < -0.4 is 10.5 Å². The first-order valence-corrected chi connectivity index (χ1v) is 13.0. The minimum absolute atomic E-state index is 0.0292. The van der Waals surface area contributed by atoms with Gasteiger partial charge in [-0.05, 0) is 56.7 Å². The Hall–Kier alpha value is -2.17. The van der Waals surface area contributed by atoms with E-state index < -0.39 is 22.0 Å². The fourth-order valence-corrected chi connectivity index (χ4v) is 5.81. The van der Waals surface area contributed by atoms with Crippen molar-refractivity contribution in [2.75, 3.05) is 31.9 Å². The first-order chi connectivity index (χ1) is 15.5. The van der Waals surface area contributed by atoms with Crippen molar-refractivity contribution in [2.45, 2.75) is 50.5 Å². The molecule has 0 aromatic heterocycles. The molecule has 0 aliphatic carbocycles. The van der Waals surface area contributed by atoms with E-state index in [1.807, 2.05) is 6.92 Å². The number of nitrogens with one attached hydrogen (secondary N) is 1. The van der Waals surface area contributed by atoms with Crippen molar-refractivity contribution in [3.8, 4) is 0 Å². The summed E-state index contributed by atoms with van der Waals surface area (Å²) in [5.41, 5.74) is 5.90. The van der Waals surface area contributed by atoms with E-state index in [9.17, 15) is 22.8 Å². The number of Topliss-reactive ketones (excluding diaryl/α,β-unsaturated/α-hetero) is 1. The molecule has 1 aromatic rings. The number of ketones is 1. The summed E-state index contributed by atoms with van der Waals surface area (Å²) >= 11 is 5.94. The molecule has 2 aliphatic heterocycles. The SMILES string of the molecule is CC(=O)C(C)CC1CCN(C(=O)CN2CCC[C@H](NS(=O)(=O)c3ccc(N)c(Cl)c3)C2=O)C1.